The number of unbranched alkanes of at least 4 members (excludes halogenated alkanes) is 4. The zero-order valence-electron chi connectivity index (χ0n) is 10.4. The molecule has 0 unspecified atom stereocenters. The van der Waals surface area contributed by atoms with Gasteiger partial charge in [0.2, 0.25) is 0 Å². The Morgan fingerprint density at radius 1 is 0.733 bits per heavy atom. The summed E-state index contributed by atoms with van der Waals surface area (Å²) in [6.45, 7) is 4.26. The second-order valence-electron chi connectivity index (χ2n) is 3.79. The van der Waals surface area contributed by atoms with Crippen LogP contribution in [0.15, 0.2) is 36.5 Å². The van der Waals surface area contributed by atoms with Crippen molar-refractivity contribution in [3.63, 3.8) is 0 Å². The zero-order valence-corrected chi connectivity index (χ0v) is 10.4. The summed E-state index contributed by atoms with van der Waals surface area (Å²) >= 11 is 0. The first-order valence-electron chi connectivity index (χ1n) is 6.33. The Labute approximate surface area is 95.8 Å². The van der Waals surface area contributed by atoms with Gasteiger partial charge in [-0.25, -0.2) is 0 Å². The molecule has 0 radical (unpaired) electrons. The van der Waals surface area contributed by atoms with E-state index < -0.39 is 0 Å². The molecule has 0 aromatic rings. The van der Waals surface area contributed by atoms with Gasteiger partial charge >= 0.3 is 0 Å². The van der Waals surface area contributed by atoms with Gasteiger partial charge in [-0.05, 0) is 45.4 Å². The molecule has 0 saturated carbocycles. The van der Waals surface area contributed by atoms with Crippen LogP contribution in [0.25, 0.3) is 0 Å². The lowest BCUT2D eigenvalue weighted by molar-refractivity contribution is 0.695. The maximum atomic E-state index is 2.32. The van der Waals surface area contributed by atoms with E-state index >= 15 is 0 Å². The fourth-order valence-corrected chi connectivity index (χ4v) is 1.42. The quantitative estimate of drug-likeness (QED) is 0.349. The Morgan fingerprint density at radius 2 is 1.40 bits per heavy atom. The summed E-state index contributed by atoms with van der Waals surface area (Å²) in [5, 5.41) is 0. The van der Waals surface area contributed by atoms with Gasteiger partial charge in [-0.2, -0.15) is 0 Å². The highest BCUT2D eigenvalue weighted by Gasteiger charge is 1.84. The molecule has 0 rings (SSSR count). The fraction of sp³-hybridized carbons (Fsp3) is 0.600. The molecular formula is C15H26. The van der Waals surface area contributed by atoms with Crippen molar-refractivity contribution in [1.82, 2.24) is 0 Å². The van der Waals surface area contributed by atoms with Gasteiger partial charge in [0.1, 0.15) is 0 Å². The third kappa shape index (κ3) is 13.2. The van der Waals surface area contributed by atoms with Crippen molar-refractivity contribution in [1.29, 1.82) is 0 Å². The highest BCUT2D eigenvalue weighted by atomic mass is 13.9. The molecule has 0 aromatic carbocycles. The van der Waals surface area contributed by atoms with E-state index in [1.54, 1.807) is 0 Å². The first-order chi connectivity index (χ1) is 7.41. The summed E-state index contributed by atoms with van der Waals surface area (Å²) in [6.07, 6.45) is 22.2. The summed E-state index contributed by atoms with van der Waals surface area (Å²) in [7, 11) is 0. The highest BCUT2D eigenvalue weighted by Crippen LogP contribution is 2.04. The highest BCUT2D eigenvalue weighted by molar-refractivity contribution is 4.92. The molecule has 86 valence electrons. The van der Waals surface area contributed by atoms with Gasteiger partial charge in [0.25, 0.3) is 0 Å². The second-order valence-corrected chi connectivity index (χ2v) is 3.79. The third-order valence-corrected chi connectivity index (χ3v) is 2.32. The van der Waals surface area contributed by atoms with Crippen LogP contribution in [0.5, 0.6) is 0 Å². The first kappa shape index (κ1) is 14.2. The van der Waals surface area contributed by atoms with Crippen LogP contribution in [0.4, 0.5) is 0 Å². The molecule has 0 fully saturated rings. The SMILES string of the molecule is C/C=C/CCCCC/C=C/C/C=C/CC. The molecule has 0 bridgehead atoms. The average Bonchev–Trinajstić information content (AvgIpc) is 2.26. The lowest BCUT2D eigenvalue weighted by Crippen LogP contribution is -1.74. The predicted octanol–water partition coefficient (Wildman–Crippen LogP) is 5.43. The minimum Gasteiger partial charge on any atom is -0.0917 e. The van der Waals surface area contributed by atoms with Crippen LogP contribution < -0.4 is 0 Å². The second kappa shape index (κ2) is 13.2. The summed E-state index contributed by atoms with van der Waals surface area (Å²) in [6, 6.07) is 0. The van der Waals surface area contributed by atoms with E-state index in [-0.39, 0.29) is 0 Å². The number of hydrogen-bond acceptors (Lipinski definition) is 0. The van der Waals surface area contributed by atoms with Crippen LogP contribution in [0.2, 0.25) is 0 Å². The lowest BCUT2D eigenvalue weighted by atomic mass is 10.1. The zero-order chi connectivity index (χ0) is 11.2. The van der Waals surface area contributed by atoms with Gasteiger partial charge in [0.05, 0.1) is 0 Å². The minimum atomic E-state index is 1.10. The van der Waals surface area contributed by atoms with Crippen LogP contribution in [-0.4, -0.2) is 0 Å². The summed E-state index contributed by atoms with van der Waals surface area (Å²) in [4.78, 5) is 0. The van der Waals surface area contributed by atoms with Gasteiger partial charge in [-0.3, -0.25) is 0 Å². The van der Waals surface area contributed by atoms with Crippen LogP contribution in [0.3, 0.4) is 0 Å². The smallest absolute Gasteiger partial charge is 0.0169 e. The maximum absolute atomic E-state index is 2.32. The van der Waals surface area contributed by atoms with Gasteiger partial charge in [-0.15, -0.1) is 0 Å². The molecule has 0 aromatic heterocycles. The summed E-state index contributed by atoms with van der Waals surface area (Å²) in [5.74, 6) is 0. The molecular weight excluding hydrogens is 180 g/mol. The van der Waals surface area contributed by atoms with Crippen molar-refractivity contribution >= 4 is 0 Å². The van der Waals surface area contributed by atoms with Gasteiger partial charge < -0.3 is 0 Å². The molecule has 0 aliphatic rings. The van der Waals surface area contributed by atoms with Gasteiger partial charge in [0, 0.05) is 0 Å². The van der Waals surface area contributed by atoms with Crippen LogP contribution in [0.1, 0.15) is 58.8 Å². The molecule has 0 spiro atoms. The Hall–Kier alpha value is -0.780. The van der Waals surface area contributed by atoms with E-state index in [0.29, 0.717) is 0 Å². The monoisotopic (exact) mass is 206 g/mol. The van der Waals surface area contributed by atoms with Crippen molar-refractivity contribution in [3.8, 4) is 0 Å². The number of hydrogen-bond donors (Lipinski definition) is 0. The molecule has 0 amide bonds. The van der Waals surface area contributed by atoms with E-state index in [4.69, 9.17) is 0 Å². The molecule has 0 atom stereocenters. The average molecular weight is 206 g/mol. The Bertz CT molecular complexity index is 184. The predicted molar refractivity (Wildman–Crippen MR) is 71.1 cm³/mol. The van der Waals surface area contributed by atoms with Gasteiger partial charge in [-0.1, -0.05) is 49.8 Å². The van der Waals surface area contributed by atoms with E-state index in [1.807, 2.05) is 0 Å². The third-order valence-electron chi connectivity index (χ3n) is 2.32. The van der Waals surface area contributed by atoms with Crippen LogP contribution in [-0.2, 0) is 0 Å². The molecule has 0 heteroatoms. The minimum absolute atomic E-state index is 1.10. The number of allylic oxidation sites excluding steroid dienone is 6. The topological polar surface area (TPSA) is 0 Å². The fourth-order valence-electron chi connectivity index (χ4n) is 1.42. The molecule has 0 nitrogen and oxygen atoms in total. The largest absolute Gasteiger partial charge is 0.0917 e. The van der Waals surface area contributed by atoms with Crippen molar-refractivity contribution in [2.75, 3.05) is 0 Å². The molecule has 0 N–H and O–H groups in total. The molecule has 15 heavy (non-hydrogen) atoms. The van der Waals surface area contributed by atoms with Crippen LogP contribution >= 0.6 is 0 Å². The van der Waals surface area contributed by atoms with Crippen molar-refractivity contribution in [2.24, 2.45) is 0 Å². The standard InChI is InChI=1S/C15H26/c1-3-5-7-9-11-13-15-14-12-10-8-6-4-2/h3,5-6,8,12,14H,4,7,9-11,13,15H2,1-2H3/b5-3+,8-6+,14-12+. The molecule has 0 heterocycles. The normalized spacial score (nSPS) is 12.4. The lowest BCUT2D eigenvalue weighted by Gasteiger charge is -1.94. The van der Waals surface area contributed by atoms with Crippen molar-refractivity contribution < 1.29 is 0 Å². The molecule has 0 saturated heterocycles. The first-order valence-corrected chi connectivity index (χ1v) is 6.33. The Balaban J connectivity index is 3.12. The van der Waals surface area contributed by atoms with Gasteiger partial charge in [0.15, 0.2) is 0 Å². The Morgan fingerprint density at radius 3 is 2.07 bits per heavy atom. The Kier molecular flexibility index (Phi) is 12.5. The van der Waals surface area contributed by atoms with E-state index in [9.17, 15) is 0 Å². The van der Waals surface area contributed by atoms with Crippen molar-refractivity contribution in [2.45, 2.75) is 58.8 Å². The number of rotatable bonds is 9. The molecule has 0 aliphatic carbocycles. The van der Waals surface area contributed by atoms with Crippen LogP contribution in [0, 0.1) is 0 Å². The molecule has 0 aliphatic heterocycles. The maximum Gasteiger partial charge on any atom is -0.0169 e. The van der Waals surface area contributed by atoms with E-state index in [0.717, 1.165) is 12.8 Å². The van der Waals surface area contributed by atoms with E-state index in [2.05, 4.69) is 50.3 Å². The summed E-state index contributed by atoms with van der Waals surface area (Å²) < 4.78 is 0. The van der Waals surface area contributed by atoms with E-state index in [1.165, 1.54) is 32.1 Å². The van der Waals surface area contributed by atoms with Crippen molar-refractivity contribution in [3.05, 3.63) is 36.5 Å². The summed E-state index contributed by atoms with van der Waals surface area (Å²) in [5.41, 5.74) is 0.